The normalized spacial score (nSPS) is 20.2. The van der Waals surface area contributed by atoms with E-state index >= 15 is 0 Å². The van der Waals surface area contributed by atoms with Gasteiger partial charge in [-0.15, -0.1) is 0 Å². The average molecular weight is 1040 g/mol. The van der Waals surface area contributed by atoms with Gasteiger partial charge in [-0.05, 0) is 64.2 Å². The number of aliphatic hydroxyl groups is 7. The maximum atomic E-state index is 13.2. The van der Waals surface area contributed by atoms with Gasteiger partial charge in [0.1, 0.15) is 36.6 Å². The minimum Gasteiger partial charge on any atom is -0.394 e. The summed E-state index contributed by atoms with van der Waals surface area (Å²) in [7, 11) is 0. The predicted molar refractivity (Wildman–Crippen MR) is 302 cm³/mol. The molecule has 430 valence electrons. The summed E-state index contributed by atoms with van der Waals surface area (Å²) in [6.45, 7) is 3.45. The number of aliphatic hydroxyl groups excluding tert-OH is 7. The van der Waals surface area contributed by atoms with Crippen LogP contribution in [0, 0.1) is 0 Å². The molecule has 1 saturated heterocycles. The van der Waals surface area contributed by atoms with E-state index in [-0.39, 0.29) is 12.8 Å². The molecule has 9 unspecified atom stereocenters. The molecule has 0 saturated carbocycles. The number of hydrogen-bond donors (Lipinski definition) is 8. The lowest BCUT2D eigenvalue weighted by Gasteiger charge is -2.40. The smallest absolute Gasteiger partial charge is 0.249 e. The molecule has 0 bridgehead atoms. The van der Waals surface area contributed by atoms with Gasteiger partial charge in [0.25, 0.3) is 0 Å². The summed E-state index contributed by atoms with van der Waals surface area (Å²) < 4.78 is 11.1. The fourth-order valence-electron chi connectivity index (χ4n) is 9.89. The molecule has 1 heterocycles. The van der Waals surface area contributed by atoms with Crippen molar-refractivity contribution in [1.29, 1.82) is 0 Å². The number of rotatable bonds is 53. The van der Waals surface area contributed by atoms with E-state index in [4.69, 9.17) is 9.47 Å². The van der Waals surface area contributed by atoms with E-state index in [1.807, 2.05) is 0 Å². The van der Waals surface area contributed by atoms with Crippen molar-refractivity contribution in [2.75, 3.05) is 13.2 Å². The Morgan fingerprint density at radius 3 is 1.22 bits per heavy atom. The maximum absolute atomic E-state index is 13.2. The van der Waals surface area contributed by atoms with Crippen LogP contribution < -0.4 is 5.32 Å². The molecule has 1 rings (SSSR count). The summed E-state index contributed by atoms with van der Waals surface area (Å²) in [5.74, 6) is -0.708. The van der Waals surface area contributed by atoms with E-state index in [0.717, 1.165) is 44.9 Å². The van der Waals surface area contributed by atoms with Crippen molar-refractivity contribution in [3.05, 3.63) is 36.5 Å². The number of unbranched alkanes of at least 4 members (excludes halogenated alkanes) is 35. The van der Waals surface area contributed by atoms with E-state index in [2.05, 4.69) is 55.6 Å². The van der Waals surface area contributed by atoms with Crippen LogP contribution in [0.2, 0.25) is 0 Å². The van der Waals surface area contributed by atoms with Gasteiger partial charge in [-0.25, -0.2) is 0 Å². The molecule has 11 nitrogen and oxygen atoms in total. The average Bonchev–Trinajstić information content (AvgIpc) is 3.39. The number of ether oxygens (including phenoxy) is 2. The molecule has 0 aromatic carbocycles. The third kappa shape index (κ3) is 39.4. The summed E-state index contributed by atoms with van der Waals surface area (Å²) in [5.41, 5.74) is 0. The van der Waals surface area contributed by atoms with Gasteiger partial charge in [-0.3, -0.25) is 4.79 Å². The van der Waals surface area contributed by atoms with Gasteiger partial charge in [0, 0.05) is 0 Å². The molecule has 0 spiro atoms. The van der Waals surface area contributed by atoms with Crippen molar-refractivity contribution in [3.63, 3.8) is 0 Å². The monoisotopic (exact) mass is 1040 g/mol. The van der Waals surface area contributed by atoms with Crippen molar-refractivity contribution in [2.45, 2.75) is 339 Å². The summed E-state index contributed by atoms with van der Waals surface area (Å²) in [5, 5.41) is 76.2. The molecule has 11 heteroatoms. The molecule has 1 aliphatic heterocycles. The molecule has 9 atom stereocenters. The van der Waals surface area contributed by atoms with Crippen LogP contribution in [-0.4, -0.2) is 110 Å². The van der Waals surface area contributed by atoms with E-state index < -0.39 is 74.2 Å². The summed E-state index contributed by atoms with van der Waals surface area (Å²) in [4.78, 5) is 13.2. The highest BCUT2D eigenvalue weighted by molar-refractivity contribution is 5.80. The van der Waals surface area contributed by atoms with Crippen molar-refractivity contribution >= 4 is 5.91 Å². The van der Waals surface area contributed by atoms with Crippen LogP contribution in [0.25, 0.3) is 0 Å². The number of hydrogen-bond acceptors (Lipinski definition) is 10. The van der Waals surface area contributed by atoms with Gasteiger partial charge in [0.2, 0.25) is 5.91 Å². The molecular formula is C62H117NO10. The van der Waals surface area contributed by atoms with Gasteiger partial charge in [-0.1, -0.05) is 256 Å². The zero-order valence-electron chi connectivity index (χ0n) is 47.1. The Morgan fingerprint density at radius 2 is 0.822 bits per heavy atom. The van der Waals surface area contributed by atoms with Crippen molar-refractivity contribution in [3.8, 4) is 0 Å². The first kappa shape index (κ1) is 69.3. The molecule has 1 aliphatic rings. The highest BCUT2D eigenvalue weighted by atomic mass is 16.7. The predicted octanol–water partition coefficient (Wildman–Crippen LogP) is 13.5. The van der Waals surface area contributed by atoms with Gasteiger partial charge in [0.05, 0.1) is 25.4 Å². The first-order valence-corrected chi connectivity index (χ1v) is 30.9. The van der Waals surface area contributed by atoms with E-state index in [1.54, 1.807) is 0 Å². The van der Waals surface area contributed by atoms with Crippen LogP contribution in [0.3, 0.4) is 0 Å². The standard InChI is InChI=1S/C62H117NO10/c1-3-5-7-9-11-13-15-17-19-21-23-24-25-26-27-28-29-30-31-32-34-36-38-40-42-44-46-48-50-55(66)61(71)63-53(52-72-62-60(70)59(69)58(68)56(51-64)73-62)57(67)54(65)49-47-45-43-41-39-37-35-33-22-20-18-16-14-12-10-8-6-4-2/h16,18,33,35,41,43,53-60,62,64-70H,3-15,17,19-32,34,36-40,42,44-52H2,1-2H3,(H,63,71)/b18-16+,35-33+,43-41+. The van der Waals surface area contributed by atoms with Crippen LogP contribution in [0.15, 0.2) is 36.5 Å². The lowest BCUT2D eigenvalue weighted by atomic mass is 9.98. The third-order valence-electron chi connectivity index (χ3n) is 14.9. The Hall–Kier alpha value is -1.67. The molecule has 0 aromatic heterocycles. The Morgan fingerprint density at radius 1 is 0.466 bits per heavy atom. The first-order chi connectivity index (χ1) is 35.7. The molecule has 1 fully saturated rings. The van der Waals surface area contributed by atoms with Crippen molar-refractivity contribution in [1.82, 2.24) is 5.32 Å². The second kappa shape index (κ2) is 51.1. The minimum absolute atomic E-state index is 0.242. The van der Waals surface area contributed by atoms with E-state index in [0.29, 0.717) is 19.3 Å². The molecule has 8 N–H and O–H groups in total. The number of nitrogens with one attached hydrogen (secondary N) is 1. The van der Waals surface area contributed by atoms with Gasteiger partial charge in [0.15, 0.2) is 6.29 Å². The fraction of sp³-hybridized carbons (Fsp3) is 0.887. The lowest BCUT2D eigenvalue weighted by molar-refractivity contribution is -0.303. The molecule has 0 aromatic rings. The highest BCUT2D eigenvalue weighted by Crippen LogP contribution is 2.23. The number of amides is 1. The Labute approximate surface area is 447 Å². The summed E-state index contributed by atoms with van der Waals surface area (Å²) in [6.07, 6.45) is 52.1. The fourth-order valence-corrected chi connectivity index (χ4v) is 9.89. The van der Waals surface area contributed by atoms with E-state index in [1.165, 1.54) is 193 Å². The van der Waals surface area contributed by atoms with Crippen molar-refractivity contribution in [2.24, 2.45) is 0 Å². The number of carbonyl (C=O) groups is 1. The Balaban J connectivity index is 2.26. The van der Waals surface area contributed by atoms with Crippen LogP contribution in [-0.2, 0) is 14.3 Å². The number of carbonyl (C=O) groups excluding carboxylic acids is 1. The van der Waals surface area contributed by atoms with Gasteiger partial charge in [-0.2, -0.15) is 0 Å². The maximum Gasteiger partial charge on any atom is 0.249 e. The largest absolute Gasteiger partial charge is 0.394 e. The second-order valence-corrected chi connectivity index (χ2v) is 21.8. The Bertz CT molecular complexity index is 1280. The molecule has 73 heavy (non-hydrogen) atoms. The summed E-state index contributed by atoms with van der Waals surface area (Å²) >= 11 is 0. The van der Waals surface area contributed by atoms with Gasteiger partial charge >= 0.3 is 0 Å². The molecular weight excluding hydrogens is 919 g/mol. The van der Waals surface area contributed by atoms with E-state index in [9.17, 15) is 40.5 Å². The van der Waals surface area contributed by atoms with Crippen LogP contribution in [0.4, 0.5) is 0 Å². The second-order valence-electron chi connectivity index (χ2n) is 21.8. The zero-order valence-corrected chi connectivity index (χ0v) is 47.1. The van der Waals surface area contributed by atoms with Crippen LogP contribution >= 0.6 is 0 Å². The lowest BCUT2D eigenvalue weighted by Crippen LogP contribution is -2.60. The minimum atomic E-state index is -1.67. The SMILES string of the molecule is CCCCCCC/C=C/CC/C=C/CC/C=C/CCCC(O)C(O)C(COC1OC(CO)C(O)C(O)C1O)NC(=O)C(O)CCCCCCCCCCCCCCCCCCCCCCCCCCCCCC. The molecule has 0 radical (unpaired) electrons. The van der Waals surface area contributed by atoms with Crippen LogP contribution in [0.5, 0.6) is 0 Å². The highest BCUT2D eigenvalue weighted by Gasteiger charge is 2.44. The van der Waals surface area contributed by atoms with Crippen molar-refractivity contribution < 1.29 is 50.0 Å². The molecule has 1 amide bonds. The first-order valence-electron chi connectivity index (χ1n) is 30.9. The summed E-state index contributed by atoms with van der Waals surface area (Å²) in [6, 6.07) is -1.19. The Kier molecular flexibility index (Phi) is 48.5. The van der Waals surface area contributed by atoms with Crippen LogP contribution in [0.1, 0.15) is 284 Å². The molecule has 0 aliphatic carbocycles. The topological polar surface area (TPSA) is 189 Å². The number of allylic oxidation sites excluding steroid dienone is 6. The zero-order chi connectivity index (χ0) is 53.3. The third-order valence-corrected chi connectivity index (χ3v) is 14.9. The quantitative estimate of drug-likeness (QED) is 0.0215. The van der Waals surface area contributed by atoms with Gasteiger partial charge < -0.3 is 50.5 Å².